The molecule has 0 aromatic rings. The van der Waals surface area contributed by atoms with Crippen molar-refractivity contribution >= 4 is 0 Å². The van der Waals surface area contributed by atoms with E-state index in [4.69, 9.17) is 5.21 Å². The number of rotatable bonds is 1. The first-order chi connectivity index (χ1) is 4.43. The molecule has 9 heavy (non-hydrogen) atoms. The van der Waals surface area contributed by atoms with Crippen LogP contribution in [0.4, 0.5) is 0 Å². The molecular formula is C6H14N2O. The Hall–Kier alpha value is -0.120. The fourth-order valence-electron chi connectivity index (χ4n) is 1.15. The highest BCUT2D eigenvalue weighted by molar-refractivity contribution is 4.68. The summed E-state index contributed by atoms with van der Waals surface area (Å²) in [7, 11) is 0. The lowest BCUT2D eigenvalue weighted by Gasteiger charge is -2.08. The van der Waals surface area contributed by atoms with E-state index in [1.165, 1.54) is 0 Å². The summed E-state index contributed by atoms with van der Waals surface area (Å²) in [5, 5.41) is 11.8. The Bertz CT molecular complexity index is 69.5. The van der Waals surface area contributed by atoms with Gasteiger partial charge < -0.3 is 10.5 Å². The molecule has 3 heteroatoms. The second-order valence-corrected chi connectivity index (χ2v) is 2.51. The lowest BCUT2D eigenvalue weighted by molar-refractivity contribution is 0.120. The first kappa shape index (κ1) is 6.99. The quantitative estimate of drug-likeness (QED) is 0.441. The molecule has 3 nitrogen and oxygen atoms in total. The van der Waals surface area contributed by atoms with Gasteiger partial charge in [0.15, 0.2) is 0 Å². The minimum Gasteiger partial charge on any atom is -0.317 e. The summed E-state index contributed by atoms with van der Waals surface area (Å²) in [6.45, 7) is 2.12. The molecule has 1 saturated heterocycles. The normalized spacial score (nSPS) is 29.7. The third-order valence-corrected chi connectivity index (χ3v) is 1.76. The van der Waals surface area contributed by atoms with Crippen LogP contribution in [0.1, 0.15) is 19.3 Å². The van der Waals surface area contributed by atoms with Crippen LogP contribution in [0, 0.1) is 0 Å². The Kier molecular flexibility index (Phi) is 2.97. The molecule has 0 aliphatic carbocycles. The Morgan fingerprint density at radius 1 is 1.33 bits per heavy atom. The molecule has 0 bridgehead atoms. The highest BCUT2D eigenvalue weighted by Gasteiger charge is 2.08. The molecule has 0 amide bonds. The van der Waals surface area contributed by atoms with E-state index in [1.54, 1.807) is 0 Å². The molecule has 0 saturated carbocycles. The van der Waals surface area contributed by atoms with Gasteiger partial charge in [-0.2, -0.15) is 0 Å². The molecule has 0 spiro atoms. The van der Waals surface area contributed by atoms with Crippen LogP contribution in [0.5, 0.6) is 0 Å². The standard InChI is InChI=1S/C6H14N2O/c9-8-6-2-1-4-7-5-3-6/h6-9H,1-5H2. The predicted molar refractivity (Wildman–Crippen MR) is 35.4 cm³/mol. The van der Waals surface area contributed by atoms with Crippen molar-refractivity contribution in [3.05, 3.63) is 0 Å². The molecule has 1 rings (SSSR count). The molecule has 1 aliphatic rings. The van der Waals surface area contributed by atoms with Gasteiger partial charge in [-0.1, -0.05) is 0 Å². The Morgan fingerprint density at radius 2 is 2.22 bits per heavy atom. The second-order valence-electron chi connectivity index (χ2n) is 2.51. The second kappa shape index (κ2) is 3.82. The predicted octanol–water partition coefficient (Wildman–Crippen LogP) is 0.107. The molecule has 1 unspecified atom stereocenters. The molecule has 1 fully saturated rings. The van der Waals surface area contributed by atoms with E-state index >= 15 is 0 Å². The molecule has 54 valence electrons. The third kappa shape index (κ3) is 2.30. The average molecular weight is 130 g/mol. The Labute approximate surface area is 55.4 Å². The van der Waals surface area contributed by atoms with Gasteiger partial charge in [0.2, 0.25) is 0 Å². The van der Waals surface area contributed by atoms with Crippen molar-refractivity contribution in [2.75, 3.05) is 13.1 Å². The van der Waals surface area contributed by atoms with E-state index in [2.05, 4.69) is 10.8 Å². The fourth-order valence-corrected chi connectivity index (χ4v) is 1.15. The van der Waals surface area contributed by atoms with Gasteiger partial charge in [-0.3, -0.25) is 0 Å². The molecule has 0 aromatic carbocycles. The van der Waals surface area contributed by atoms with Crippen LogP contribution in [0.3, 0.4) is 0 Å². The van der Waals surface area contributed by atoms with E-state index in [9.17, 15) is 0 Å². The van der Waals surface area contributed by atoms with Gasteiger partial charge in [-0.25, -0.2) is 5.48 Å². The zero-order chi connectivity index (χ0) is 6.53. The van der Waals surface area contributed by atoms with Crippen LogP contribution in [-0.4, -0.2) is 24.3 Å². The maximum absolute atomic E-state index is 8.54. The van der Waals surface area contributed by atoms with Gasteiger partial charge >= 0.3 is 0 Å². The smallest absolute Gasteiger partial charge is 0.0332 e. The van der Waals surface area contributed by atoms with Crippen LogP contribution in [0.15, 0.2) is 0 Å². The SMILES string of the molecule is ONC1CCCNCC1. The fraction of sp³-hybridized carbons (Fsp3) is 1.00. The van der Waals surface area contributed by atoms with Crippen molar-refractivity contribution in [3.63, 3.8) is 0 Å². The van der Waals surface area contributed by atoms with Crippen LogP contribution in [0.25, 0.3) is 0 Å². The number of hydrogen-bond acceptors (Lipinski definition) is 3. The minimum absolute atomic E-state index is 0.319. The highest BCUT2D eigenvalue weighted by Crippen LogP contribution is 2.02. The first-order valence-electron chi connectivity index (χ1n) is 3.54. The Balaban J connectivity index is 2.18. The Morgan fingerprint density at radius 3 is 3.00 bits per heavy atom. The van der Waals surface area contributed by atoms with E-state index in [-0.39, 0.29) is 0 Å². The number of nitrogens with one attached hydrogen (secondary N) is 2. The molecule has 1 atom stereocenters. The molecular weight excluding hydrogens is 116 g/mol. The monoisotopic (exact) mass is 130 g/mol. The van der Waals surface area contributed by atoms with Crippen molar-refractivity contribution in [3.8, 4) is 0 Å². The number of hydrogen-bond donors (Lipinski definition) is 3. The topological polar surface area (TPSA) is 44.3 Å². The van der Waals surface area contributed by atoms with Crippen molar-refractivity contribution in [1.82, 2.24) is 10.8 Å². The van der Waals surface area contributed by atoms with Crippen molar-refractivity contribution in [2.24, 2.45) is 0 Å². The van der Waals surface area contributed by atoms with Gasteiger partial charge in [0.05, 0.1) is 0 Å². The van der Waals surface area contributed by atoms with Gasteiger partial charge in [-0.15, -0.1) is 0 Å². The summed E-state index contributed by atoms with van der Waals surface area (Å²) in [6.07, 6.45) is 3.29. The van der Waals surface area contributed by atoms with Crippen molar-refractivity contribution < 1.29 is 5.21 Å². The maximum atomic E-state index is 8.54. The lowest BCUT2D eigenvalue weighted by atomic mass is 10.1. The molecule has 0 radical (unpaired) electrons. The van der Waals surface area contributed by atoms with Gasteiger partial charge in [0, 0.05) is 6.04 Å². The molecule has 1 heterocycles. The van der Waals surface area contributed by atoms with Crippen LogP contribution in [0.2, 0.25) is 0 Å². The maximum Gasteiger partial charge on any atom is 0.0332 e. The summed E-state index contributed by atoms with van der Waals surface area (Å²) in [5.74, 6) is 0. The zero-order valence-electron chi connectivity index (χ0n) is 5.56. The largest absolute Gasteiger partial charge is 0.317 e. The van der Waals surface area contributed by atoms with Crippen LogP contribution >= 0.6 is 0 Å². The summed E-state index contributed by atoms with van der Waals surface area (Å²) < 4.78 is 0. The first-order valence-corrected chi connectivity index (χ1v) is 3.54. The van der Waals surface area contributed by atoms with E-state index in [0.717, 1.165) is 32.4 Å². The van der Waals surface area contributed by atoms with Gasteiger partial charge in [-0.05, 0) is 32.4 Å². The van der Waals surface area contributed by atoms with Crippen LogP contribution < -0.4 is 10.8 Å². The highest BCUT2D eigenvalue weighted by atomic mass is 16.5. The minimum atomic E-state index is 0.319. The van der Waals surface area contributed by atoms with Crippen molar-refractivity contribution in [1.29, 1.82) is 0 Å². The molecule has 3 N–H and O–H groups in total. The van der Waals surface area contributed by atoms with E-state index in [0.29, 0.717) is 6.04 Å². The number of hydroxylamine groups is 1. The molecule has 0 aromatic heterocycles. The van der Waals surface area contributed by atoms with Crippen molar-refractivity contribution in [2.45, 2.75) is 25.3 Å². The van der Waals surface area contributed by atoms with E-state index < -0.39 is 0 Å². The third-order valence-electron chi connectivity index (χ3n) is 1.76. The molecule has 1 aliphatic heterocycles. The summed E-state index contributed by atoms with van der Waals surface area (Å²) in [5.41, 5.74) is 2.30. The summed E-state index contributed by atoms with van der Waals surface area (Å²) >= 11 is 0. The van der Waals surface area contributed by atoms with Gasteiger partial charge in [0.25, 0.3) is 0 Å². The zero-order valence-corrected chi connectivity index (χ0v) is 5.56. The summed E-state index contributed by atoms with van der Waals surface area (Å²) in [4.78, 5) is 0. The summed E-state index contributed by atoms with van der Waals surface area (Å²) in [6, 6.07) is 0.319. The van der Waals surface area contributed by atoms with Gasteiger partial charge in [0.1, 0.15) is 0 Å². The van der Waals surface area contributed by atoms with Crippen LogP contribution in [-0.2, 0) is 0 Å². The lowest BCUT2D eigenvalue weighted by Crippen LogP contribution is -2.26. The average Bonchev–Trinajstić information content (AvgIpc) is 2.13. The van der Waals surface area contributed by atoms with E-state index in [1.807, 2.05) is 0 Å².